The number of imidazole rings is 1. The second-order valence-electron chi connectivity index (χ2n) is 3.01. The van der Waals surface area contributed by atoms with Crippen LogP contribution in [0.5, 0.6) is 0 Å². The Morgan fingerprint density at radius 1 is 1.33 bits per heavy atom. The SMILES string of the molecule is Fc1cc2ncn(C/C=C/Cl)c2cc1F. The molecule has 0 amide bonds. The van der Waals surface area contributed by atoms with Crippen molar-refractivity contribution in [2.45, 2.75) is 6.54 Å². The monoisotopic (exact) mass is 228 g/mol. The third kappa shape index (κ3) is 1.85. The van der Waals surface area contributed by atoms with E-state index in [0.29, 0.717) is 17.6 Å². The van der Waals surface area contributed by atoms with Gasteiger partial charge < -0.3 is 4.57 Å². The van der Waals surface area contributed by atoms with Crippen LogP contribution in [0.3, 0.4) is 0 Å². The first-order valence-electron chi connectivity index (χ1n) is 4.27. The Morgan fingerprint density at radius 3 is 2.80 bits per heavy atom. The Kier molecular flexibility index (Phi) is 2.68. The van der Waals surface area contributed by atoms with Crippen molar-refractivity contribution in [1.82, 2.24) is 9.55 Å². The third-order valence-corrected chi connectivity index (χ3v) is 2.23. The van der Waals surface area contributed by atoms with E-state index in [1.165, 1.54) is 11.9 Å². The number of nitrogens with zero attached hydrogens (tertiary/aromatic N) is 2. The first kappa shape index (κ1) is 10.1. The molecule has 5 heteroatoms. The van der Waals surface area contributed by atoms with Crippen LogP contribution in [0.25, 0.3) is 11.0 Å². The van der Waals surface area contributed by atoms with Gasteiger partial charge in [0, 0.05) is 24.2 Å². The summed E-state index contributed by atoms with van der Waals surface area (Å²) in [6, 6.07) is 2.20. The number of hydrogen-bond donors (Lipinski definition) is 0. The zero-order valence-electron chi connectivity index (χ0n) is 7.62. The van der Waals surface area contributed by atoms with Crippen LogP contribution < -0.4 is 0 Å². The second kappa shape index (κ2) is 3.98. The van der Waals surface area contributed by atoms with Crippen molar-refractivity contribution in [3.8, 4) is 0 Å². The molecule has 1 aromatic heterocycles. The lowest BCUT2D eigenvalue weighted by Gasteiger charge is -1.99. The van der Waals surface area contributed by atoms with Gasteiger partial charge in [-0.05, 0) is 0 Å². The lowest BCUT2D eigenvalue weighted by atomic mass is 10.3. The number of rotatable bonds is 2. The molecule has 0 fully saturated rings. The van der Waals surface area contributed by atoms with E-state index in [1.54, 1.807) is 10.6 Å². The van der Waals surface area contributed by atoms with Gasteiger partial charge in [-0.1, -0.05) is 17.7 Å². The maximum Gasteiger partial charge on any atom is 0.161 e. The van der Waals surface area contributed by atoms with E-state index in [-0.39, 0.29) is 0 Å². The Morgan fingerprint density at radius 2 is 2.07 bits per heavy atom. The molecule has 1 heterocycles. The summed E-state index contributed by atoms with van der Waals surface area (Å²) < 4.78 is 27.5. The fraction of sp³-hybridized carbons (Fsp3) is 0.100. The molecule has 0 saturated heterocycles. The molecule has 78 valence electrons. The van der Waals surface area contributed by atoms with E-state index in [9.17, 15) is 8.78 Å². The zero-order chi connectivity index (χ0) is 10.8. The molecule has 0 spiro atoms. The Bertz CT molecular complexity index is 519. The normalized spacial score (nSPS) is 11.7. The highest BCUT2D eigenvalue weighted by Crippen LogP contribution is 2.17. The summed E-state index contributed by atoms with van der Waals surface area (Å²) in [7, 11) is 0. The van der Waals surface area contributed by atoms with Gasteiger partial charge in [-0.25, -0.2) is 13.8 Å². The molecule has 0 bridgehead atoms. The molecule has 0 unspecified atom stereocenters. The smallest absolute Gasteiger partial charge is 0.161 e. The molecule has 0 N–H and O–H groups in total. The molecular weight excluding hydrogens is 222 g/mol. The first-order valence-corrected chi connectivity index (χ1v) is 4.71. The summed E-state index contributed by atoms with van der Waals surface area (Å²) in [6.45, 7) is 0.477. The van der Waals surface area contributed by atoms with Gasteiger partial charge >= 0.3 is 0 Å². The predicted octanol–water partition coefficient (Wildman–Crippen LogP) is 3.07. The Balaban J connectivity index is 2.54. The molecular formula is C10H7ClF2N2. The van der Waals surface area contributed by atoms with Crippen LogP contribution in [-0.2, 0) is 6.54 Å². The predicted molar refractivity (Wildman–Crippen MR) is 54.6 cm³/mol. The summed E-state index contributed by atoms with van der Waals surface area (Å²) in [5, 5.41) is 0. The van der Waals surface area contributed by atoms with Crippen LogP contribution in [0.2, 0.25) is 0 Å². The molecule has 2 nitrogen and oxygen atoms in total. The van der Waals surface area contributed by atoms with E-state index >= 15 is 0 Å². The largest absolute Gasteiger partial charge is 0.327 e. The molecule has 1 aromatic carbocycles. The summed E-state index contributed by atoms with van der Waals surface area (Å²) in [5.41, 5.74) is 2.34. The van der Waals surface area contributed by atoms with Gasteiger partial charge in [-0.15, -0.1) is 0 Å². The van der Waals surface area contributed by atoms with Crippen molar-refractivity contribution in [3.63, 3.8) is 0 Å². The van der Waals surface area contributed by atoms with Gasteiger partial charge in [-0.2, -0.15) is 0 Å². The average Bonchev–Trinajstić information content (AvgIpc) is 2.59. The van der Waals surface area contributed by atoms with E-state index in [4.69, 9.17) is 11.6 Å². The van der Waals surface area contributed by atoms with Crippen LogP contribution in [0.4, 0.5) is 8.78 Å². The fourth-order valence-corrected chi connectivity index (χ4v) is 1.43. The Hall–Kier alpha value is -1.42. The van der Waals surface area contributed by atoms with Crippen LogP contribution in [0.1, 0.15) is 0 Å². The summed E-state index contributed by atoms with van der Waals surface area (Å²) in [5.74, 6) is -1.76. The minimum Gasteiger partial charge on any atom is -0.327 e. The van der Waals surface area contributed by atoms with Gasteiger partial charge in [-0.3, -0.25) is 0 Å². The first-order chi connectivity index (χ1) is 7.22. The van der Waals surface area contributed by atoms with E-state index < -0.39 is 11.6 Å². The minimum absolute atomic E-state index is 0.428. The second-order valence-corrected chi connectivity index (χ2v) is 3.27. The highest BCUT2D eigenvalue weighted by Gasteiger charge is 2.07. The topological polar surface area (TPSA) is 17.8 Å². The van der Waals surface area contributed by atoms with Gasteiger partial charge in [0.2, 0.25) is 0 Å². The molecule has 15 heavy (non-hydrogen) atoms. The van der Waals surface area contributed by atoms with Crippen LogP contribution in [0.15, 0.2) is 30.1 Å². The van der Waals surface area contributed by atoms with E-state index in [1.807, 2.05) is 0 Å². The van der Waals surface area contributed by atoms with Gasteiger partial charge in [0.05, 0.1) is 17.4 Å². The van der Waals surface area contributed by atoms with Crippen molar-refractivity contribution in [3.05, 3.63) is 41.7 Å². The summed E-state index contributed by atoms with van der Waals surface area (Å²) in [4.78, 5) is 3.95. The number of aromatic nitrogens is 2. The summed E-state index contributed by atoms with van der Waals surface area (Å²) >= 11 is 5.38. The lowest BCUT2D eigenvalue weighted by Crippen LogP contribution is -1.93. The van der Waals surface area contributed by atoms with Gasteiger partial charge in [0.1, 0.15) is 0 Å². The molecule has 0 atom stereocenters. The lowest BCUT2D eigenvalue weighted by molar-refractivity contribution is 0.510. The number of halogens is 3. The average molecular weight is 229 g/mol. The molecule has 0 saturated carbocycles. The van der Waals surface area contributed by atoms with Crippen LogP contribution >= 0.6 is 11.6 Å². The maximum atomic E-state index is 13.0. The van der Waals surface area contributed by atoms with Crippen molar-refractivity contribution in [2.24, 2.45) is 0 Å². The standard InChI is InChI=1S/C10H7ClF2N2/c11-2-1-3-15-6-14-9-4-7(12)8(13)5-10(9)15/h1-2,4-6H,3H2/b2-1+. The van der Waals surface area contributed by atoms with Gasteiger partial charge in [0.25, 0.3) is 0 Å². The third-order valence-electron chi connectivity index (χ3n) is 2.05. The Labute approximate surface area is 89.8 Å². The zero-order valence-corrected chi connectivity index (χ0v) is 8.38. The highest BCUT2D eigenvalue weighted by atomic mass is 35.5. The van der Waals surface area contributed by atoms with Crippen molar-refractivity contribution >= 4 is 22.6 Å². The molecule has 0 aliphatic heterocycles. The summed E-state index contributed by atoms with van der Waals surface area (Å²) in [6.07, 6.45) is 3.20. The van der Waals surface area contributed by atoms with Crippen molar-refractivity contribution in [1.29, 1.82) is 0 Å². The molecule has 0 aliphatic rings. The number of benzene rings is 1. The van der Waals surface area contributed by atoms with Crippen molar-refractivity contribution in [2.75, 3.05) is 0 Å². The quantitative estimate of drug-likeness (QED) is 0.773. The minimum atomic E-state index is -0.888. The highest BCUT2D eigenvalue weighted by molar-refractivity contribution is 6.25. The fourth-order valence-electron chi connectivity index (χ4n) is 1.35. The van der Waals surface area contributed by atoms with Crippen LogP contribution in [-0.4, -0.2) is 9.55 Å². The molecule has 0 aliphatic carbocycles. The molecule has 2 rings (SSSR count). The van der Waals surface area contributed by atoms with Crippen molar-refractivity contribution < 1.29 is 8.78 Å². The van der Waals surface area contributed by atoms with E-state index in [2.05, 4.69) is 4.98 Å². The van der Waals surface area contributed by atoms with Crippen LogP contribution in [0, 0.1) is 11.6 Å². The number of hydrogen-bond acceptors (Lipinski definition) is 1. The molecule has 2 aromatic rings. The number of allylic oxidation sites excluding steroid dienone is 1. The van der Waals surface area contributed by atoms with E-state index in [0.717, 1.165) is 12.1 Å². The van der Waals surface area contributed by atoms with Gasteiger partial charge in [0.15, 0.2) is 11.6 Å². The molecule has 0 radical (unpaired) electrons. The number of fused-ring (bicyclic) bond motifs is 1. The maximum absolute atomic E-state index is 13.0.